The van der Waals surface area contributed by atoms with Gasteiger partial charge in [0.1, 0.15) is 0 Å². The molecule has 0 spiro atoms. The number of para-hydroxylation sites is 3. The lowest BCUT2D eigenvalue weighted by molar-refractivity contribution is 1.09. The van der Waals surface area contributed by atoms with E-state index in [4.69, 9.17) is 0 Å². The van der Waals surface area contributed by atoms with Crippen LogP contribution >= 0.6 is 0 Å². The fourth-order valence-electron chi connectivity index (χ4n) is 8.79. The van der Waals surface area contributed by atoms with Crippen LogP contribution in [0.4, 0.5) is 51.2 Å². The molecule has 0 saturated carbocycles. The van der Waals surface area contributed by atoms with Gasteiger partial charge in [0.25, 0.3) is 6.71 Å². The molecule has 8 aromatic rings. The van der Waals surface area contributed by atoms with Gasteiger partial charge in [-0.15, -0.1) is 0 Å². The first-order valence-electron chi connectivity index (χ1n) is 17.8. The van der Waals surface area contributed by atoms with Crippen LogP contribution < -0.4 is 31.1 Å². The molecule has 8 aromatic carbocycles. The molecule has 0 saturated heterocycles. The van der Waals surface area contributed by atoms with Gasteiger partial charge < -0.3 is 14.7 Å². The van der Waals surface area contributed by atoms with Crippen LogP contribution in [0.1, 0.15) is 11.1 Å². The molecule has 238 valence electrons. The standard InChI is InChI=1S/C47H32BN3/c1-4-16-35(17-5-1)49(41-23-12-15-33-14-10-11-22-39(33)41)38-26-27-40-44(31-38)50(36-18-6-2-7-19-36)42-24-13-25-43-47(42)48(40)46-34-28-32(29-34)30-45(46)51(43)37-20-8-3-9-21-37/h1-28,30-31H,29H2. The van der Waals surface area contributed by atoms with Crippen LogP contribution in [-0.4, -0.2) is 6.71 Å². The molecule has 12 rings (SSSR count). The molecule has 2 aliphatic heterocycles. The molecule has 2 bridgehead atoms. The van der Waals surface area contributed by atoms with Crippen molar-refractivity contribution in [3.05, 3.63) is 193 Å². The minimum Gasteiger partial charge on any atom is -0.311 e. The average molecular weight is 650 g/mol. The number of fused-ring (bicyclic) bond motifs is 3. The Labute approximate surface area is 298 Å². The number of anilines is 9. The van der Waals surface area contributed by atoms with Crippen LogP contribution in [0.5, 0.6) is 0 Å². The molecule has 2 heterocycles. The number of rotatable bonds is 5. The third kappa shape index (κ3) is 4.20. The van der Waals surface area contributed by atoms with Crippen LogP contribution in [0.2, 0.25) is 0 Å². The van der Waals surface area contributed by atoms with Crippen LogP contribution in [0, 0.1) is 0 Å². The predicted molar refractivity (Wildman–Crippen MR) is 215 cm³/mol. The third-order valence-corrected chi connectivity index (χ3v) is 10.9. The Balaban J connectivity index is 1.19. The Morgan fingerprint density at radius 1 is 0.451 bits per heavy atom. The highest BCUT2D eigenvalue weighted by atomic mass is 15.2. The Kier molecular flexibility index (Phi) is 6.11. The highest BCUT2D eigenvalue weighted by Crippen LogP contribution is 2.47. The van der Waals surface area contributed by atoms with Gasteiger partial charge in [0.05, 0.1) is 5.69 Å². The number of hydrogen-bond acceptors (Lipinski definition) is 3. The van der Waals surface area contributed by atoms with Crippen molar-refractivity contribution >= 4 is 85.1 Å². The molecule has 0 fully saturated rings. The minimum atomic E-state index is 0.113. The Bertz CT molecular complexity index is 2630. The Hall–Kier alpha value is -6.52. The lowest BCUT2D eigenvalue weighted by atomic mass is 9.32. The second kappa shape index (κ2) is 11.0. The van der Waals surface area contributed by atoms with Gasteiger partial charge in [-0.25, -0.2) is 0 Å². The number of hydrogen-bond donors (Lipinski definition) is 0. The lowest BCUT2D eigenvalue weighted by Gasteiger charge is -2.46. The zero-order valence-corrected chi connectivity index (χ0v) is 27.9. The van der Waals surface area contributed by atoms with E-state index in [1.165, 1.54) is 66.7 Å². The van der Waals surface area contributed by atoms with Gasteiger partial charge in [-0.05, 0) is 112 Å². The molecule has 0 unspecified atom stereocenters. The van der Waals surface area contributed by atoms with E-state index in [1.807, 2.05) is 0 Å². The highest BCUT2D eigenvalue weighted by molar-refractivity contribution is 7.00. The summed E-state index contributed by atoms with van der Waals surface area (Å²) in [7, 11) is 0. The third-order valence-electron chi connectivity index (χ3n) is 10.9. The lowest BCUT2D eigenvalue weighted by Crippen LogP contribution is -2.62. The summed E-state index contributed by atoms with van der Waals surface area (Å²) in [5.74, 6) is 0. The molecular formula is C47H32BN3. The van der Waals surface area contributed by atoms with Crippen LogP contribution in [0.3, 0.4) is 0 Å². The fraction of sp³-hybridized carbons (Fsp3) is 0.0213. The molecule has 4 aliphatic rings. The summed E-state index contributed by atoms with van der Waals surface area (Å²) in [6.45, 7) is 0.113. The molecular weight excluding hydrogens is 617 g/mol. The van der Waals surface area contributed by atoms with Gasteiger partial charge in [-0.2, -0.15) is 0 Å². The second-order valence-corrected chi connectivity index (χ2v) is 13.8. The number of nitrogens with zero attached hydrogens (tertiary/aromatic N) is 3. The quantitative estimate of drug-likeness (QED) is 0.172. The summed E-state index contributed by atoms with van der Waals surface area (Å²) in [5, 5.41) is 2.45. The second-order valence-electron chi connectivity index (χ2n) is 13.8. The summed E-state index contributed by atoms with van der Waals surface area (Å²) in [4.78, 5) is 7.41. The maximum Gasteiger partial charge on any atom is 0.252 e. The van der Waals surface area contributed by atoms with E-state index in [2.05, 4.69) is 197 Å². The maximum atomic E-state index is 2.50. The van der Waals surface area contributed by atoms with E-state index in [0.29, 0.717) is 0 Å². The van der Waals surface area contributed by atoms with Crippen molar-refractivity contribution in [2.24, 2.45) is 0 Å². The molecule has 0 radical (unpaired) electrons. The largest absolute Gasteiger partial charge is 0.311 e. The summed E-state index contributed by atoms with van der Waals surface area (Å²) in [5.41, 5.74) is 17.8. The maximum absolute atomic E-state index is 2.50. The average Bonchev–Trinajstić information content (AvgIpc) is 3.18. The van der Waals surface area contributed by atoms with Gasteiger partial charge >= 0.3 is 0 Å². The monoisotopic (exact) mass is 649 g/mol. The van der Waals surface area contributed by atoms with E-state index in [0.717, 1.165) is 29.2 Å². The Morgan fingerprint density at radius 3 is 1.78 bits per heavy atom. The zero-order valence-electron chi connectivity index (χ0n) is 27.9. The highest BCUT2D eigenvalue weighted by Gasteiger charge is 2.45. The minimum absolute atomic E-state index is 0.113. The molecule has 0 N–H and O–H groups in total. The van der Waals surface area contributed by atoms with Gasteiger partial charge in [-0.3, -0.25) is 0 Å². The van der Waals surface area contributed by atoms with E-state index >= 15 is 0 Å². The van der Waals surface area contributed by atoms with Crippen molar-refractivity contribution in [1.82, 2.24) is 0 Å². The van der Waals surface area contributed by atoms with Gasteiger partial charge in [0, 0.05) is 50.9 Å². The van der Waals surface area contributed by atoms with Crippen molar-refractivity contribution in [3.8, 4) is 0 Å². The number of benzene rings is 8. The van der Waals surface area contributed by atoms with E-state index in [1.54, 1.807) is 0 Å². The first kappa shape index (κ1) is 28.3. The van der Waals surface area contributed by atoms with Gasteiger partial charge in [-0.1, -0.05) is 109 Å². The first-order chi connectivity index (χ1) is 25.3. The molecule has 0 aromatic heterocycles. The van der Waals surface area contributed by atoms with Crippen molar-refractivity contribution in [2.45, 2.75) is 6.42 Å². The molecule has 4 heteroatoms. The molecule has 0 atom stereocenters. The van der Waals surface area contributed by atoms with Crippen LogP contribution in [-0.2, 0) is 6.42 Å². The van der Waals surface area contributed by atoms with Crippen molar-refractivity contribution in [2.75, 3.05) is 14.7 Å². The smallest absolute Gasteiger partial charge is 0.252 e. The molecule has 51 heavy (non-hydrogen) atoms. The van der Waals surface area contributed by atoms with Crippen molar-refractivity contribution in [3.63, 3.8) is 0 Å². The summed E-state index contributed by atoms with van der Waals surface area (Å²) < 4.78 is 0. The van der Waals surface area contributed by atoms with E-state index < -0.39 is 0 Å². The molecule has 3 nitrogen and oxygen atoms in total. The summed E-state index contributed by atoms with van der Waals surface area (Å²) >= 11 is 0. The van der Waals surface area contributed by atoms with E-state index in [9.17, 15) is 0 Å². The van der Waals surface area contributed by atoms with Crippen LogP contribution in [0.15, 0.2) is 182 Å². The Morgan fingerprint density at radius 2 is 1.06 bits per heavy atom. The van der Waals surface area contributed by atoms with Crippen molar-refractivity contribution < 1.29 is 0 Å². The van der Waals surface area contributed by atoms with Gasteiger partial charge in [0.2, 0.25) is 0 Å². The summed E-state index contributed by atoms with van der Waals surface area (Å²) in [6.07, 6.45) is 1.04. The van der Waals surface area contributed by atoms with Gasteiger partial charge in [0.15, 0.2) is 0 Å². The normalized spacial score (nSPS) is 13.3. The fourth-order valence-corrected chi connectivity index (χ4v) is 8.79. The predicted octanol–water partition coefficient (Wildman–Crippen LogP) is 10.3. The first-order valence-corrected chi connectivity index (χ1v) is 17.8. The van der Waals surface area contributed by atoms with E-state index in [-0.39, 0.29) is 6.71 Å². The molecule has 0 amide bonds. The van der Waals surface area contributed by atoms with Crippen LogP contribution in [0.25, 0.3) is 10.8 Å². The topological polar surface area (TPSA) is 9.72 Å². The summed E-state index contributed by atoms with van der Waals surface area (Å²) in [6, 6.07) is 66.7. The van der Waals surface area contributed by atoms with Crippen molar-refractivity contribution in [1.29, 1.82) is 0 Å². The SMILES string of the molecule is c1ccc(N2c3cc(N(c4ccccc4)c4cccc5ccccc45)ccc3B3c4c5cc(cc4N(c4ccccc4)c4cccc2c43)C5)cc1. The molecule has 2 aliphatic carbocycles. The zero-order chi connectivity index (χ0) is 33.5.